The van der Waals surface area contributed by atoms with E-state index in [0.29, 0.717) is 22.6 Å². The van der Waals surface area contributed by atoms with E-state index in [4.69, 9.17) is 0 Å². The first kappa shape index (κ1) is 35.1. The SMILES string of the molecule is CCCCCC[N+]1=C(C=C=C=C=C=C2N(c3cccc(S(=O)(=O)O)c3)c3ccc(S(=O)(=O)O)cc3C2(C)C)C(C)(C)c2cc(C)ccc21. The van der Waals surface area contributed by atoms with Crippen molar-refractivity contribution in [2.24, 2.45) is 0 Å². The van der Waals surface area contributed by atoms with Gasteiger partial charge in [-0.25, -0.2) is 0 Å². The van der Waals surface area contributed by atoms with Crippen LogP contribution >= 0.6 is 0 Å². The lowest BCUT2D eigenvalue weighted by Crippen LogP contribution is -2.27. The fraction of sp³-hybridized carbons (Fsp3) is 0.342. The number of rotatable bonds is 9. The summed E-state index contributed by atoms with van der Waals surface area (Å²) in [6.45, 7) is 13.4. The Hall–Kier alpha value is -4.19. The van der Waals surface area contributed by atoms with Gasteiger partial charge in [-0.05, 0) is 106 Å². The van der Waals surface area contributed by atoms with Crippen molar-refractivity contribution in [3.8, 4) is 0 Å². The molecule has 0 aromatic heterocycles. The van der Waals surface area contributed by atoms with E-state index in [1.165, 1.54) is 60.0 Å². The van der Waals surface area contributed by atoms with Crippen LogP contribution in [0.2, 0.25) is 0 Å². The van der Waals surface area contributed by atoms with E-state index in [9.17, 15) is 25.9 Å². The van der Waals surface area contributed by atoms with E-state index in [1.807, 2.05) is 19.9 Å². The molecule has 2 aliphatic rings. The molecule has 0 amide bonds. The molecule has 5 rings (SSSR count). The van der Waals surface area contributed by atoms with Crippen LogP contribution in [0, 0.1) is 6.92 Å². The molecule has 8 nitrogen and oxygen atoms in total. The molecule has 3 aromatic carbocycles. The maximum Gasteiger partial charge on any atom is 0.294 e. The Labute approximate surface area is 284 Å². The molecule has 0 spiro atoms. The van der Waals surface area contributed by atoms with Crippen LogP contribution in [0.1, 0.15) is 77.0 Å². The molecule has 250 valence electrons. The van der Waals surface area contributed by atoms with Crippen molar-refractivity contribution in [3.63, 3.8) is 0 Å². The Morgan fingerprint density at radius 2 is 1.52 bits per heavy atom. The number of aryl methyl sites for hydroxylation is 1. The fourth-order valence-corrected chi connectivity index (χ4v) is 7.61. The number of nitrogens with zero attached hydrogens (tertiary/aromatic N) is 2. The van der Waals surface area contributed by atoms with E-state index in [0.717, 1.165) is 25.1 Å². The van der Waals surface area contributed by atoms with Crippen LogP contribution in [-0.4, -0.2) is 42.8 Å². The van der Waals surface area contributed by atoms with Crippen molar-refractivity contribution in [1.29, 1.82) is 0 Å². The monoisotopic (exact) mass is 685 g/mol. The van der Waals surface area contributed by atoms with Crippen LogP contribution in [0.5, 0.6) is 0 Å². The first-order chi connectivity index (χ1) is 22.5. The molecule has 48 heavy (non-hydrogen) atoms. The van der Waals surface area contributed by atoms with Gasteiger partial charge in [0.05, 0.1) is 32.7 Å². The maximum atomic E-state index is 12.0. The van der Waals surface area contributed by atoms with Gasteiger partial charge in [-0.15, -0.1) is 0 Å². The molecular weight excluding hydrogens is 645 g/mol. The second-order valence-electron chi connectivity index (χ2n) is 13.3. The second kappa shape index (κ2) is 13.0. The molecule has 2 heterocycles. The molecule has 0 aliphatic carbocycles. The molecule has 2 N–H and O–H groups in total. The number of benzene rings is 3. The normalized spacial score (nSPS) is 16.1. The van der Waals surface area contributed by atoms with Crippen molar-refractivity contribution < 1.29 is 30.5 Å². The summed E-state index contributed by atoms with van der Waals surface area (Å²) < 4.78 is 69.9. The third kappa shape index (κ3) is 6.72. The standard InChI is InChI=1S/C38H40N2O6S2/c1-7-8-9-13-23-39-33-21-19-27(2)24-31(33)37(3,4)35(39)17-11-10-12-18-36-38(5,6)32-26-30(48(44,45)46)20-22-34(32)40(36)28-15-14-16-29(25-28)47(41,42)43/h14-17,19-22,24-26H,7-9,13,23H2,1-6H3,(H-,41,42,43,44,45,46)/p+1. The number of hydrogen-bond donors (Lipinski definition) is 2. The zero-order chi connectivity index (χ0) is 35.1. The number of anilines is 2. The summed E-state index contributed by atoms with van der Waals surface area (Å²) in [5, 5.41) is 0. The topological polar surface area (TPSA) is 115 Å². The maximum absolute atomic E-state index is 12.0. The summed E-state index contributed by atoms with van der Waals surface area (Å²) >= 11 is 0. The highest BCUT2D eigenvalue weighted by Crippen LogP contribution is 2.51. The van der Waals surface area contributed by atoms with E-state index >= 15 is 0 Å². The Morgan fingerprint density at radius 3 is 2.21 bits per heavy atom. The first-order valence-electron chi connectivity index (χ1n) is 16.0. The average Bonchev–Trinajstić information content (AvgIpc) is 3.36. The highest BCUT2D eigenvalue weighted by Gasteiger charge is 2.44. The van der Waals surface area contributed by atoms with Crippen molar-refractivity contribution >= 4 is 43.0 Å². The second-order valence-corrected chi connectivity index (χ2v) is 16.2. The number of fused-ring (bicyclic) bond motifs is 2. The van der Waals surface area contributed by atoms with Crippen LogP contribution < -0.4 is 4.90 Å². The average molecular weight is 686 g/mol. The lowest BCUT2D eigenvalue weighted by atomic mass is 9.81. The summed E-state index contributed by atoms with van der Waals surface area (Å²) in [7, 11) is -8.99. The molecular formula is C38H41N2O6S2+. The molecule has 0 atom stereocenters. The van der Waals surface area contributed by atoms with Gasteiger partial charge >= 0.3 is 0 Å². The molecule has 0 saturated heterocycles. The Balaban J connectivity index is 1.69. The van der Waals surface area contributed by atoms with Crippen molar-refractivity contribution in [3.05, 3.63) is 112 Å². The van der Waals surface area contributed by atoms with Crippen LogP contribution in [0.25, 0.3) is 0 Å². The van der Waals surface area contributed by atoms with E-state index in [-0.39, 0.29) is 15.2 Å². The van der Waals surface area contributed by atoms with Crippen LogP contribution in [-0.2, 0) is 31.1 Å². The van der Waals surface area contributed by atoms with Gasteiger partial charge in [-0.3, -0.25) is 9.11 Å². The summed E-state index contributed by atoms with van der Waals surface area (Å²) in [5.74, 6) is 0. The molecule has 2 aliphatic heterocycles. The van der Waals surface area contributed by atoms with Gasteiger partial charge in [0.15, 0.2) is 0 Å². The summed E-state index contributed by atoms with van der Waals surface area (Å²) in [6, 6.07) is 16.6. The lowest BCUT2D eigenvalue weighted by Gasteiger charge is -2.25. The van der Waals surface area contributed by atoms with Crippen LogP contribution in [0.4, 0.5) is 17.1 Å². The minimum absolute atomic E-state index is 0.252. The van der Waals surface area contributed by atoms with Gasteiger partial charge in [0.2, 0.25) is 11.4 Å². The Kier molecular flexibility index (Phi) is 9.53. The zero-order valence-corrected chi connectivity index (χ0v) is 29.8. The lowest BCUT2D eigenvalue weighted by molar-refractivity contribution is -0.438. The van der Waals surface area contributed by atoms with Gasteiger partial charge in [0, 0.05) is 29.2 Å². The van der Waals surface area contributed by atoms with Crippen molar-refractivity contribution in [2.75, 3.05) is 11.4 Å². The molecule has 0 radical (unpaired) electrons. The van der Waals surface area contributed by atoms with Gasteiger partial charge in [-0.1, -0.05) is 43.2 Å². The quantitative estimate of drug-likeness (QED) is 0.101. The fourth-order valence-electron chi connectivity index (χ4n) is 6.58. The smallest absolute Gasteiger partial charge is 0.294 e. The minimum Gasteiger partial charge on any atom is -0.305 e. The predicted octanol–water partition coefficient (Wildman–Crippen LogP) is 8.08. The number of hydrogen-bond acceptors (Lipinski definition) is 5. The Morgan fingerprint density at radius 1 is 0.812 bits per heavy atom. The van der Waals surface area contributed by atoms with Gasteiger partial charge in [0.25, 0.3) is 20.2 Å². The van der Waals surface area contributed by atoms with Gasteiger partial charge in [0.1, 0.15) is 6.54 Å². The van der Waals surface area contributed by atoms with E-state index < -0.39 is 25.7 Å². The Bertz CT molecular complexity index is 2240. The highest BCUT2D eigenvalue weighted by molar-refractivity contribution is 7.86. The van der Waals surface area contributed by atoms with Gasteiger partial charge < -0.3 is 4.90 Å². The summed E-state index contributed by atoms with van der Waals surface area (Å²) in [4.78, 5) is 1.16. The highest BCUT2D eigenvalue weighted by atomic mass is 32.2. The molecule has 0 fully saturated rings. The third-order valence-corrected chi connectivity index (χ3v) is 10.9. The minimum atomic E-state index is -4.50. The largest absolute Gasteiger partial charge is 0.305 e. The van der Waals surface area contributed by atoms with Crippen molar-refractivity contribution in [2.45, 2.75) is 87.8 Å². The summed E-state index contributed by atoms with van der Waals surface area (Å²) in [5.41, 5.74) is 18.0. The van der Waals surface area contributed by atoms with Crippen molar-refractivity contribution in [1.82, 2.24) is 0 Å². The predicted molar refractivity (Wildman–Crippen MR) is 188 cm³/mol. The van der Waals surface area contributed by atoms with E-state index in [1.54, 1.807) is 17.0 Å². The van der Waals surface area contributed by atoms with E-state index in [2.05, 4.69) is 73.4 Å². The zero-order valence-electron chi connectivity index (χ0n) is 28.1. The van der Waals surface area contributed by atoms with Crippen LogP contribution in [0.3, 0.4) is 0 Å². The van der Waals surface area contributed by atoms with Crippen LogP contribution in [0.15, 0.2) is 105 Å². The first-order valence-corrected chi connectivity index (χ1v) is 18.8. The van der Waals surface area contributed by atoms with Gasteiger partial charge in [-0.2, -0.15) is 21.4 Å². The molecule has 0 saturated carbocycles. The summed E-state index contributed by atoms with van der Waals surface area (Å²) in [6.07, 6.45) is 6.53. The molecule has 0 unspecified atom stereocenters. The number of unbranched alkanes of at least 4 members (excludes halogenated alkanes) is 3. The number of allylic oxidation sites excluding steroid dienone is 2. The molecule has 0 bridgehead atoms. The molecule has 10 heteroatoms. The third-order valence-electron chi connectivity index (χ3n) is 9.18. The molecule has 3 aromatic rings.